The zero-order valence-corrected chi connectivity index (χ0v) is 16.3. The summed E-state index contributed by atoms with van der Waals surface area (Å²) >= 11 is 11.8. The molecule has 1 aromatic heterocycles. The molecule has 1 aliphatic carbocycles. The maximum Gasteiger partial charge on any atom is 0.287 e. The van der Waals surface area contributed by atoms with Crippen LogP contribution >= 0.6 is 23.2 Å². The summed E-state index contributed by atoms with van der Waals surface area (Å²) in [7, 11) is 0. The van der Waals surface area contributed by atoms with Crippen LogP contribution in [0.2, 0.25) is 10.0 Å². The van der Waals surface area contributed by atoms with Crippen LogP contribution in [-0.4, -0.2) is 21.9 Å². The molecule has 0 spiro atoms. The summed E-state index contributed by atoms with van der Waals surface area (Å²) in [5.74, 6) is -0.230. The summed E-state index contributed by atoms with van der Waals surface area (Å²) in [5, 5.41) is 4.38. The van der Waals surface area contributed by atoms with Gasteiger partial charge in [-0.2, -0.15) is 5.10 Å². The lowest BCUT2D eigenvalue weighted by molar-refractivity contribution is 0.282. The minimum Gasteiger partial charge on any atom is -0.366 e. The van der Waals surface area contributed by atoms with Crippen molar-refractivity contribution in [1.29, 1.82) is 0 Å². The van der Waals surface area contributed by atoms with Crippen molar-refractivity contribution in [2.45, 2.75) is 57.7 Å². The Bertz CT molecular complexity index is 815. The van der Waals surface area contributed by atoms with Gasteiger partial charge in [0.15, 0.2) is 0 Å². The molecule has 1 aromatic carbocycles. The summed E-state index contributed by atoms with van der Waals surface area (Å²) in [6.07, 6.45) is 4.94. The van der Waals surface area contributed by atoms with Crippen LogP contribution in [0.15, 0.2) is 35.3 Å². The topological polar surface area (TPSA) is 38.1 Å². The summed E-state index contributed by atoms with van der Waals surface area (Å²) in [5.41, 5.74) is 0.691. The fourth-order valence-corrected chi connectivity index (χ4v) is 4.07. The molecular formula is C19H22Cl2FN3O. The maximum atomic E-state index is 13.3. The van der Waals surface area contributed by atoms with E-state index in [1.165, 1.54) is 23.0 Å². The van der Waals surface area contributed by atoms with Gasteiger partial charge in [0.05, 0.1) is 17.3 Å². The molecule has 0 bridgehead atoms. The zero-order valence-electron chi connectivity index (χ0n) is 14.8. The third kappa shape index (κ3) is 3.89. The van der Waals surface area contributed by atoms with Gasteiger partial charge in [-0.05, 0) is 63.8 Å². The molecule has 0 N–H and O–H groups in total. The third-order valence-corrected chi connectivity index (χ3v) is 5.74. The number of benzene rings is 1. The highest BCUT2D eigenvalue weighted by Gasteiger charge is 2.29. The van der Waals surface area contributed by atoms with E-state index in [2.05, 4.69) is 23.8 Å². The van der Waals surface area contributed by atoms with Crippen LogP contribution in [0, 0.1) is 5.82 Å². The molecule has 0 atom stereocenters. The second kappa shape index (κ2) is 7.97. The van der Waals surface area contributed by atoms with E-state index < -0.39 is 0 Å². The minimum absolute atomic E-state index is 0.0238. The molecule has 0 radical (unpaired) electrons. The van der Waals surface area contributed by atoms with Gasteiger partial charge in [-0.25, -0.2) is 9.07 Å². The second-order valence-electron chi connectivity index (χ2n) is 7.00. The predicted molar refractivity (Wildman–Crippen MR) is 104 cm³/mol. The van der Waals surface area contributed by atoms with Crippen LogP contribution < -0.4 is 10.5 Å². The molecule has 0 saturated heterocycles. The van der Waals surface area contributed by atoms with Gasteiger partial charge in [0, 0.05) is 17.8 Å². The molecule has 1 fully saturated rings. The van der Waals surface area contributed by atoms with E-state index in [9.17, 15) is 9.18 Å². The normalized spacial score (nSPS) is 20.4. The van der Waals surface area contributed by atoms with E-state index in [-0.39, 0.29) is 27.5 Å². The molecule has 2 aromatic rings. The Morgan fingerprint density at radius 2 is 1.77 bits per heavy atom. The Hall–Kier alpha value is -1.59. The molecule has 0 aliphatic heterocycles. The van der Waals surface area contributed by atoms with Crippen LogP contribution in [-0.2, 0) is 0 Å². The van der Waals surface area contributed by atoms with Crippen molar-refractivity contribution in [2.24, 2.45) is 0 Å². The maximum absolute atomic E-state index is 13.3. The van der Waals surface area contributed by atoms with Gasteiger partial charge >= 0.3 is 0 Å². The SMILES string of the molecule is CC(C)N(c1ccc(F)cc1)[C@H]1CC[C@@H](n2ncc(Cl)c(Cl)c2=O)CC1. The Labute approximate surface area is 162 Å². The number of hydrogen-bond donors (Lipinski definition) is 0. The predicted octanol–water partition coefficient (Wildman–Crippen LogP) is 5.09. The lowest BCUT2D eigenvalue weighted by Gasteiger charge is -2.41. The van der Waals surface area contributed by atoms with Crippen molar-refractivity contribution in [3.8, 4) is 0 Å². The average molecular weight is 398 g/mol. The Morgan fingerprint density at radius 3 is 2.35 bits per heavy atom. The summed E-state index contributed by atoms with van der Waals surface area (Å²) in [6.45, 7) is 4.28. The standard InChI is InChI=1S/C19H22Cl2FN3O/c1-12(2)24(14-5-3-13(22)4-6-14)15-7-9-16(10-8-15)25-19(26)18(21)17(20)11-23-25/h3-6,11-12,15-16H,7-10H2,1-2H3/t15-,16+. The number of anilines is 1. The van der Waals surface area contributed by atoms with E-state index in [0.29, 0.717) is 12.1 Å². The third-order valence-electron chi connectivity index (χ3n) is 4.99. The monoisotopic (exact) mass is 397 g/mol. The highest BCUT2D eigenvalue weighted by atomic mass is 35.5. The number of nitrogens with zero attached hydrogens (tertiary/aromatic N) is 3. The van der Waals surface area contributed by atoms with Crippen molar-refractivity contribution < 1.29 is 4.39 Å². The fourth-order valence-electron chi connectivity index (χ4n) is 3.81. The average Bonchev–Trinajstić information content (AvgIpc) is 2.62. The quantitative estimate of drug-likeness (QED) is 0.720. The largest absolute Gasteiger partial charge is 0.366 e. The van der Waals surface area contributed by atoms with Gasteiger partial charge in [-0.1, -0.05) is 23.2 Å². The molecule has 7 heteroatoms. The fraction of sp³-hybridized carbons (Fsp3) is 0.474. The van der Waals surface area contributed by atoms with E-state index in [1.54, 1.807) is 0 Å². The molecule has 0 unspecified atom stereocenters. The van der Waals surface area contributed by atoms with Crippen LogP contribution in [0.4, 0.5) is 10.1 Å². The summed E-state index contributed by atoms with van der Waals surface area (Å²) in [6, 6.07) is 7.31. The number of hydrogen-bond acceptors (Lipinski definition) is 3. The molecule has 140 valence electrons. The van der Waals surface area contributed by atoms with Crippen molar-refractivity contribution >= 4 is 28.9 Å². The lowest BCUT2D eigenvalue weighted by atomic mass is 9.89. The highest BCUT2D eigenvalue weighted by Crippen LogP contribution is 2.34. The highest BCUT2D eigenvalue weighted by molar-refractivity contribution is 6.41. The summed E-state index contributed by atoms with van der Waals surface area (Å²) < 4.78 is 14.7. The number of rotatable bonds is 4. The van der Waals surface area contributed by atoms with Gasteiger partial charge in [-0.3, -0.25) is 4.79 Å². The second-order valence-corrected chi connectivity index (χ2v) is 7.78. The molecule has 1 heterocycles. The first-order valence-electron chi connectivity index (χ1n) is 8.85. The van der Waals surface area contributed by atoms with Gasteiger partial charge in [0.25, 0.3) is 5.56 Å². The van der Waals surface area contributed by atoms with Gasteiger partial charge < -0.3 is 4.90 Å². The Kier molecular flexibility index (Phi) is 5.88. The molecule has 3 rings (SSSR count). The van der Waals surface area contributed by atoms with Gasteiger partial charge in [0.2, 0.25) is 0 Å². The number of aromatic nitrogens is 2. The Balaban J connectivity index is 1.75. The first kappa shape index (κ1) is 19.2. The smallest absolute Gasteiger partial charge is 0.287 e. The zero-order chi connectivity index (χ0) is 18.8. The van der Waals surface area contributed by atoms with Crippen LogP contribution in [0.5, 0.6) is 0 Å². The first-order chi connectivity index (χ1) is 12.4. The van der Waals surface area contributed by atoms with Crippen LogP contribution in [0.1, 0.15) is 45.6 Å². The first-order valence-corrected chi connectivity index (χ1v) is 9.60. The molecule has 1 saturated carbocycles. The van der Waals surface area contributed by atoms with Crippen LogP contribution in [0.25, 0.3) is 0 Å². The molecule has 1 aliphatic rings. The lowest BCUT2D eigenvalue weighted by Crippen LogP contribution is -2.43. The van der Waals surface area contributed by atoms with Crippen molar-refractivity contribution in [3.63, 3.8) is 0 Å². The Morgan fingerprint density at radius 1 is 1.15 bits per heavy atom. The van der Waals surface area contributed by atoms with E-state index in [4.69, 9.17) is 23.2 Å². The molecule has 4 nitrogen and oxygen atoms in total. The van der Waals surface area contributed by atoms with E-state index in [0.717, 1.165) is 31.4 Å². The van der Waals surface area contributed by atoms with Gasteiger partial charge in [0.1, 0.15) is 10.8 Å². The summed E-state index contributed by atoms with van der Waals surface area (Å²) in [4.78, 5) is 14.6. The molecule has 0 amide bonds. The van der Waals surface area contributed by atoms with Crippen molar-refractivity contribution in [3.05, 3.63) is 56.7 Å². The molecule has 26 heavy (non-hydrogen) atoms. The van der Waals surface area contributed by atoms with E-state index in [1.807, 2.05) is 12.1 Å². The van der Waals surface area contributed by atoms with Crippen LogP contribution in [0.3, 0.4) is 0 Å². The minimum atomic E-state index is -0.332. The molecular weight excluding hydrogens is 376 g/mol. The van der Waals surface area contributed by atoms with Gasteiger partial charge in [-0.15, -0.1) is 0 Å². The van der Waals surface area contributed by atoms with E-state index >= 15 is 0 Å². The van der Waals surface area contributed by atoms with Crippen molar-refractivity contribution in [2.75, 3.05) is 4.90 Å². The number of halogens is 3. The van der Waals surface area contributed by atoms with Crippen molar-refractivity contribution in [1.82, 2.24) is 9.78 Å².